The summed E-state index contributed by atoms with van der Waals surface area (Å²) < 4.78 is 0. The molecule has 0 spiro atoms. The first-order chi connectivity index (χ1) is 7.63. The molecule has 1 amide bonds. The molecule has 2 unspecified atom stereocenters. The highest BCUT2D eigenvalue weighted by Gasteiger charge is 2.38. The highest BCUT2D eigenvalue weighted by atomic mass is 16.2. The lowest BCUT2D eigenvalue weighted by atomic mass is 9.89. The highest BCUT2D eigenvalue weighted by molar-refractivity contribution is 5.86. The van der Waals surface area contributed by atoms with Gasteiger partial charge >= 0.3 is 0 Å². The van der Waals surface area contributed by atoms with Crippen LogP contribution in [-0.2, 0) is 4.79 Å². The number of amides is 1. The van der Waals surface area contributed by atoms with Crippen LogP contribution in [0.1, 0.15) is 32.6 Å². The summed E-state index contributed by atoms with van der Waals surface area (Å²) in [5, 5.41) is 6.70. The number of hydrogen-bond acceptors (Lipinski definition) is 3. The van der Waals surface area contributed by atoms with Crippen LogP contribution in [0.3, 0.4) is 0 Å². The fourth-order valence-corrected chi connectivity index (χ4v) is 2.76. The van der Waals surface area contributed by atoms with Crippen LogP contribution >= 0.6 is 0 Å². The van der Waals surface area contributed by atoms with Gasteiger partial charge in [-0.15, -0.1) is 0 Å². The standard InChI is InChI=1S/C12H23N3O/c1-12(6-3-4-7-14-12)11(16)15(2)10-5-8-13-9-10/h10,13-14H,3-9H2,1-2H3. The van der Waals surface area contributed by atoms with E-state index in [4.69, 9.17) is 0 Å². The van der Waals surface area contributed by atoms with Crippen LogP contribution in [0.15, 0.2) is 0 Å². The van der Waals surface area contributed by atoms with Gasteiger partial charge in [-0.25, -0.2) is 0 Å². The maximum absolute atomic E-state index is 12.4. The number of rotatable bonds is 2. The Labute approximate surface area is 97.8 Å². The molecule has 0 radical (unpaired) electrons. The molecule has 4 nitrogen and oxygen atoms in total. The summed E-state index contributed by atoms with van der Waals surface area (Å²) in [5.41, 5.74) is -0.324. The predicted octanol–water partition coefficient (Wildman–Crippen LogP) is 0.339. The highest BCUT2D eigenvalue weighted by Crippen LogP contribution is 2.22. The van der Waals surface area contributed by atoms with Crippen molar-refractivity contribution in [1.82, 2.24) is 15.5 Å². The first kappa shape index (κ1) is 11.9. The maximum atomic E-state index is 12.4. The first-order valence-corrected chi connectivity index (χ1v) is 6.36. The molecule has 0 aromatic rings. The smallest absolute Gasteiger partial charge is 0.242 e. The fraction of sp³-hybridized carbons (Fsp3) is 0.917. The maximum Gasteiger partial charge on any atom is 0.242 e. The second-order valence-electron chi connectivity index (χ2n) is 5.28. The molecule has 2 saturated heterocycles. The van der Waals surface area contributed by atoms with E-state index < -0.39 is 0 Å². The lowest BCUT2D eigenvalue weighted by Gasteiger charge is -2.38. The number of hydrogen-bond donors (Lipinski definition) is 2. The zero-order valence-corrected chi connectivity index (χ0v) is 10.4. The Bertz CT molecular complexity index is 255. The summed E-state index contributed by atoms with van der Waals surface area (Å²) in [5.74, 6) is 0.265. The van der Waals surface area contributed by atoms with E-state index in [1.807, 2.05) is 18.9 Å². The molecule has 0 bridgehead atoms. The summed E-state index contributed by atoms with van der Waals surface area (Å²) in [7, 11) is 1.95. The fourth-order valence-electron chi connectivity index (χ4n) is 2.76. The number of piperidine rings is 1. The minimum absolute atomic E-state index is 0.265. The minimum atomic E-state index is -0.324. The predicted molar refractivity (Wildman–Crippen MR) is 64.3 cm³/mol. The quantitative estimate of drug-likeness (QED) is 0.712. The number of nitrogens with one attached hydrogen (secondary N) is 2. The number of likely N-dealkylation sites (N-methyl/N-ethyl adjacent to an activating group) is 1. The third kappa shape index (κ3) is 2.23. The van der Waals surface area contributed by atoms with Crippen LogP contribution in [0.2, 0.25) is 0 Å². The Morgan fingerprint density at radius 3 is 2.75 bits per heavy atom. The van der Waals surface area contributed by atoms with Crippen LogP contribution in [0, 0.1) is 0 Å². The summed E-state index contributed by atoms with van der Waals surface area (Å²) in [6, 6.07) is 0.382. The molecule has 2 N–H and O–H groups in total. The van der Waals surface area contributed by atoms with Gasteiger partial charge in [0.25, 0.3) is 0 Å². The minimum Gasteiger partial charge on any atom is -0.340 e. The molecule has 0 aromatic carbocycles. The van der Waals surface area contributed by atoms with E-state index in [9.17, 15) is 4.79 Å². The van der Waals surface area contributed by atoms with Gasteiger partial charge in [0.15, 0.2) is 0 Å². The van der Waals surface area contributed by atoms with Gasteiger partial charge in [0.1, 0.15) is 0 Å². The van der Waals surface area contributed by atoms with Crippen LogP contribution < -0.4 is 10.6 Å². The first-order valence-electron chi connectivity index (χ1n) is 6.36. The van der Waals surface area contributed by atoms with Crippen molar-refractivity contribution in [1.29, 1.82) is 0 Å². The summed E-state index contributed by atoms with van der Waals surface area (Å²) in [4.78, 5) is 14.4. The summed E-state index contributed by atoms with van der Waals surface area (Å²) >= 11 is 0. The molecule has 2 rings (SSSR count). The van der Waals surface area contributed by atoms with Crippen LogP contribution in [0.4, 0.5) is 0 Å². The van der Waals surface area contributed by atoms with Gasteiger partial charge in [0.05, 0.1) is 5.54 Å². The number of nitrogens with zero attached hydrogens (tertiary/aromatic N) is 1. The van der Waals surface area contributed by atoms with Crippen molar-refractivity contribution in [2.75, 3.05) is 26.7 Å². The van der Waals surface area contributed by atoms with E-state index in [2.05, 4.69) is 10.6 Å². The van der Waals surface area contributed by atoms with E-state index in [0.717, 1.165) is 38.9 Å². The van der Waals surface area contributed by atoms with E-state index >= 15 is 0 Å². The zero-order valence-electron chi connectivity index (χ0n) is 10.4. The van der Waals surface area contributed by atoms with Gasteiger partial charge in [-0.05, 0) is 45.7 Å². The Kier molecular flexibility index (Phi) is 3.50. The Morgan fingerprint density at radius 2 is 2.19 bits per heavy atom. The molecule has 92 valence electrons. The van der Waals surface area contributed by atoms with Crippen molar-refractivity contribution < 1.29 is 4.79 Å². The zero-order chi connectivity index (χ0) is 11.6. The second-order valence-corrected chi connectivity index (χ2v) is 5.28. The third-order valence-corrected chi connectivity index (χ3v) is 3.99. The summed E-state index contributed by atoms with van der Waals surface area (Å²) in [6.45, 7) is 5.00. The number of carbonyl (C=O) groups excluding carboxylic acids is 1. The van der Waals surface area contributed by atoms with Crippen LogP contribution in [-0.4, -0.2) is 49.1 Å². The second kappa shape index (κ2) is 4.72. The molecule has 0 aliphatic carbocycles. The Balaban J connectivity index is 1.99. The van der Waals surface area contributed by atoms with Gasteiger partial charge in [0, 0.05) is 19.6 Å². The normalized spacial score (nSPS) is 35.0. The monoisotopic (exact) mass is 225 g/mol. The lowest BCUT2D eigenvalue weighted by molar-refractivity contribution is -0.139. The molecule has 2 aliphatic heterocycles. The van der Waals surface area contributed by atoms with Gasteiger partial charge in [-0.1, -0.05) is 0 Å². The van der Waals surface area contributed by atoms with E-state index in [-0.39, 0.29) is 11.4 Å². The molecule has 2 aliphatic rings. The van der Waals surface area contributed by atoms with E-state index in [1.54, 1.807) is 0 Å². The molecule has 0 aromatic heterocycles. The molecule has 2 fully saturated rings. The van der Waals surface area contributed by atoms with Crippen molar-refractivity contribution >= 4 is 5.91 Å². The molecular formula is C12H23N3O. The van der Waals surface area contributed by atoms with Gasteiger partial charge in [-0.3, -0.25) is 4.79 Å². The van der Waals surface area contributed by atoms with Gasteiger partial charge in [0.2, 0.25) is 5.91 Å². The van der Waals surface area contributed by atoms with E-state index in [0.29, 0.717) is 6.04 Å². The SMILES string of the molecule is CN(C(=O)C1(C)CCCCN1)C1CCNC1. The largest absolute Gasteiger partial charge is 0.340 e. The van der Waals surface area contributed by atoms with Crippen molar-refractivity contribution in [3.05, 3.63) is 0 Å². The molecule has 0 saturated carbocycles. The molecular weight excluding hydrogens is 202 g/mol. The third-order valence-electron chi connectivity index (χ3n) is 3.99. The molecule has 16 heavy (non-hydrogen) atoms. The number of carbonyl (C=O) groups is 1. The van der Waals surface area contributed by atoms with Gasteiger partial charge in [-0.2, -0.15) is 0 Å². The van der Waals surface area contributed by atoms with E-state index in [1.165, 1.54) is 6.42 Å². The van der Waals surface area contributed by atoms with Crippen molar-refractivity contribution in [3.8, 4) is 0 Å². The molecule has 2 atom stereocenters. The molecule has 4 heteroatoms. The lowest BCUT2D eigenvalue weighted by Crippen LogP contribution is -2.59. The Morgan fingerprint density at radius 1 is 1.38 bits per heavy atom. The van der Waals surface area contributed by atoms with Gasteiger partial charge < -0.3 is 15.5 Å². The van der Waals surface area contributed by atoms with Crippen molar-refractivity contribution in [2.45, 2.75) is 44.2 Å². The van der Waals surface area contributed by atoms with Crippen LogP contribution in [0.5, 0.6) is 0 Å². The van der Waals surface area contributed by atoms with Crippen molar-refractivity contribution in [3.63, 3.8) is 0 Å². The van der Waals surface area contributed by atoms with Crippen LogP contribution in [0.25, 0.3) is 0 Å². The molecule has 2 heterocycles. The average molecular weight is 225 g/mol. The average Bonchev–Trinajstić information content (AvgIpc) is 2.81. The van der Waals surface area contributed by atoms with Crippen molar-refractivity contribution in [2.24, 2.45) is 0 Å². The summed E-state index contributed by atoms with van der Waals surface area (Å²) in [6.07, 6.45) is 4.40. The Hall–Kier alpha value is -0.610. The topological polar surface area (TPSA) is 44.4 Å².